The fourth-order valence-corrected chi connectivity index (χ4v) is 4.19. The Balaban J connectivity index is 1.50. The van der Waals surface area contributed by atoms with Crippen molar-refractivity contribution in [2.24, 2.45) is 0 Å². The standard InChI is InChI=1S/C18H27FN2O/c1-14-11-21(12-15(2)22-14)18-6-8-20(9-7-18)13-16-4-3-5-17(19)10-16/h3-5,10,14-15,18H,6-9,11-13H2,1-2H3/p+2. The fraction of sp³-hybridized carbons (Fsp3) is 0.667. The van der Waals surface area contributed by atoms with Crippen LogP contribution in [0.4, 0.5) is 4.39 Å². The van der Waals surface area contributed by atoms with Gasteiger partial charge in [-0.3, -0.25) is 0 Å². The first-order chi connectivity index (χ1) is 10.6. The van der Waals surface area contributed by atoms with Crippen LogP contribution in [-0.2, 0) is 11.3 Å². The van der Waals surface area contributed by atoms with E-state index in [2.05, 4.69) is 13.8 Å². The third-order valence-corrected chi connectivity index (χ3v) is 5.18. The number of rotatable bonds is 3. The van der Waals surface area contributed by atoms with Crippen LogP contribution in [0.15, 0.2) is 24.3 Å². The summed E-state index contributed by atoms with van der Waals surface area (Å²) in [5, 5.41) is 0. The van der Waals surface area contributed by atoms with Crippen molar-refractivity contribution in [3.05, 3.63) is 35.6 Å². The molecule has 3 rings (SSSR count). The number of nitrogens with one attached hydrogen (secondary N) is 2. The molecule has 2 heterocycles. The van der Waals surface area contributed by atoms with Crippen LogP contribution in [0.3, 0.4) is 0 Å². The van der Waals surface area contributed by atoms with Gasteiger partial charge < -0.3 is 14.5 Å². The summed E-state index contributed by atoms with van der Waals surface area (Å²) < 4.78 is 19.1. The van der Waals surface area contributed by atoms with Crippen molar-refractivity contribution in [1.29, 1.82) is 0 Å². The molecule has 2 N–H and O–H groups in total. The fourth-order valence-electron chi connectivity index (χ4n) is 4.19. The maximum atomic E-state index is 13.3. The molecule has 2 aliphatic heterocycles. The molecule has 0 spiro atoms. The van der Waals surface area contributed by atoms with Crippen molar-refractivity contribution < 1.29 is 18.9 Å². The van der Waals surface area contributed by atoms with E-state index < -0.39 is 0 Å². The second kappa shape index (κ2) is 7.07. The van der Waals surface area contributed by atoms with E-state index in [0.29, 0.717) is 12.2 Å². The molecule has 122 valence electrons. The second-order valence-electron chi connectivity index (χ2n) is 7.15. The van der Waals surface area contributed by atoms with E-state index in [0.717, 1.165) is 31.2 Å². The van der Waals surface area contributed by atoms with Crippen LogP contribution in [0.5, 0.6) is 0 Å². The van der Waals surface area contributed by atoms with E-state index in [4.69, 9.17) is 4.74 Å². The summed E-state index contributed by atoms with van der Waals surface area (Å²) in [6.07, 6.45) is 3.33. The molecule has 4 heteroatoms. The van der Waals surface area contributed by atoms with Gasteiger partial charge in [0, 0.05) is 18.4 Å². The molecule has 1 aromatic rings. The molecule has 2 atom stereocenters. The highest BCUT2D eigenvalue weighted by Gasteiger charge is 2.34. The van der Waals surface area contributed by atoms with Crippen LogP contribution in [0, 0.1) is 5.82 Å². The number of hydrogen-bond donors (Lipinski definition) is 2. The van der Waals surface area contributed by atoms with Gasteiger partial charge in [0.05, 0.1) is 19.1 Å². The number of hydrogen-bond acceptors (Lipinski definition) is 1. The van der Waals surface area contributed by atoms with Crippen molar-refractivity contribution in [3.63, 3.8) is 0 Å². The first-order valence-electron chi connectivity index (χ1n) is 8.68. The Bertz CT molecular complexity index is 478. The molecule has 0 aromatic heterocycles. The first-order valence-corrected chi connectivity index (χ1v) is 8.68. The smallest absolute Gasteiger partial charge is 0.123 e. The van der Waals surface area contributed by atoms with Crippen LogP contribution < -0.4 is 9.80 Å². The summed E-state index contributed by atoms with van der Waals surface area (Å²) in [6.45, 7) is 10.0. The van der Waals surface area contributed by atoms with Gasteiger partial charge in [-0.05, 0) is 26.0 Å². The van der Waals surface area contributed by atoms with Gasteiger partial charge in [0.2, 0.25) is 0 Å². The Labute approximate surface area is 133 Å². The predicted octanol–water partition coefficient (Wildman–Crippen LogP) is 0.0651. The van der Waals surface area contributed by atoms with Gasteiger partial charge in [-0.25, -0.2) is 4.39 Å². The zero-order chi connectivity index (χ0) is 15.5. The number of quaternary nitrogens is 2. The Morgan fingerprint density at radius 3 is 2.45 bits per heavy atom. The average molecular weight is 308 g/mol. The first kappa shape index (κ1) is 15.9. The molecule has 22 heavy (non-hydrogen) atoms. The Morgan fingerprint density at radius 1 is 1.14 bits per heavy atom. The number of ether oxygens (including phenoxy) is 1. The van der Waals surface area contributed by atoms with Gasteiger partial charge in [-0.1, -0.05) is 12.1 Å². The predicted molar refractivity (Wildman–Crippen MR) is 84.5 cm³/mol. The van der Waals surface area contributed by atoms with Crippen LogP contribution in [-0.4, -0.2) is 44.4 Å². The molecule has 0 amide bonds. The number of piperidine rings is 1. The summed E-state index contributed by atoms with van der Waals surface area (Å²) >= 11 is 0. The van der Waals surface area contributed by atoms with Gasteiger partial charge in [0.15, 0.2) is 0 Å². The van der Waals surface area contributed by atoms with E-state index in [1.807, 2.05) is 12.1 Å². The van der Waals surface area contributed by atoms with Gasteiger partial charge in [0.1, 0.15) is 37.7 Å². The lowest BCUT2D eigenvalue weighted by Crippen LogP contribution is -3.22. The maximum absolute atomic E-state index is 13.3. The molecule has 3 nitrogen and oxygen atoms in total. The molecule has 2 aliphatic rings. The quantitative estimate of drug-likeness (QED) is 0.808. The zero-order valence-corrected chi connectivity index (χ0v) is 13.8. The van der Waals surface area contributed by atoms with E-state index in [9.17, 15) is 4.39 Å². The largest absolute Gasteiger partial charge is 0.364 e. The molecule has 1 aromatic carbocycles. The topological polar surface area (TPSA) is 18.1 Å². The molecule has 0 saturated carbocycles. The van der Waals surface area contributed by atoms with Crippen molar-refractivity contribution in [2.75, 3.05) is 26.2 Å². The van der Waals surface area contributed by atoms with Gasteiger partial charge in [0.25, 0.3) is 0 Å². The van der Waals surface area contributed by atoms with E-state index in [1.165, 1.54) is 32.0 Å². The molecule has 2 fully saturated rings. The summed E-state index contributed by atoms with van der Waals surface area (Å²) in [7, 11) is 0. The van der Waals surface area contributed by atoms with Crippen molar-refractivity contribution in [1.82, 2.24) is 0 Å². The maximum Gasteiger partial charge on any atom is 0.123 e. The highest BCUT2D eigenvalue weighted by Crippen LogP contribution is 2.05. The lowest BCUT2D eigenvalue weighted by Gasteiger charge is -2.39. The van der Waals surface area contributed by atoms with Crippen LogP contribution in [0.1, 0.15) is 32.3 Å². The summed E-state index contributed by atoms with van der Waals surface area (Å²) in [6, 6.07) is 7.84. The highest BCUT2D eigenvalue weighted by molar-refractivity contribution is 5.14. The van der Waals surface area contributed by atoms with Gasteiger partial charge in [-0.2, -0.15) is 0 Å². The second-order valence-corrected chi connectivity index (χ2v) is 7.15. The number of halogens is 1. The monoisotopic (exact) mass is 308 g/mol. The summed E-state index contributed by atoms with van der Waals surface area (Å²) in [5.74, 6) is -0.118. The molecule has 2 unspecified atom stereocenters. The molecule has 2 saturated heterocycles. The zero-order valence-electron chi connectivity index (χ0n) is 13.8. The molecule has 0 radical (unpaired) electrons. The van der Waals surface area contributed by atoms with Gasteiger partial charge in [-0.15, -0.1) is 0 Å². The number of morpholine rings is 1. The highest BCUT2D eigenvalue weighted by atomic mass is 19.1. The molecular weight excluding hydrogens is 279 g/mol. The van der Waals surface area contributed by atoms with E-state index in [-0.39, 0.29) is 5.82 Å². The van der Waals surface area contributed by atoms with Crippen molar-refractivity contribution in [2.45, 2.75) is 51.5 Å². The Morgan fingerprint density at radius 2 is 1.82 bits per heavy atom. The molecule has 0 bridgehead atoms. The third kappa shape index (κ3) is 4.06. The van der Waals surface area contributed by atoms with Crippen LogP contribution in [0.2, 0.25) is 0 Å². The normalized spacial score (nSPS) is 36.2. The van der Waals surface area contributed by atoms with Crippen molar-refractivity contribution in [3.8, 4) is 0 Å². The SMILES string of the molecule is CC1C[NH+](C2CC[NH+](Cc3cccc(F)c3)CC2)CC(C)O1. The lowest BCUT2D eigenvalue weighted by atomic mass is 10.0. The van der Waals surface area contributed by atoms with Gasteiger partial charge >= 0.3 is 0 Å². The molecule has 0 aliphatic carbocycles. The minimum absolute atomic E-state index is 0.118. The van der Waals surface area contributed by atoms with Crippen molar-refractivity contribution >= 4 is 0 Å². The van der Waals surface area contributed by atoms with E-state index >= 15 is 0 Å². The third-order valence-electron chi connectivity index (χ3n) is 5.18. The lowest BCUT2D eigenvalue weighted by molar-refractivity contribution is -0.970. The average Bonchev–Trinajstić information content (AvgIpc) is 2.47. The minimum atomic E-state index is -0.118. The number of benzene rings is 1. The Kier molecular flexibility index (Phi) is 5.11. The summed E-state index contributed by atoms with van der Waals surface area (Å²) in [5.41, 5.74) is 1.12. The molecular formula is C18H29FN2O+2. The summed E-state index contributed by atoms with van der Waals surface area (Å²) in [4.78, 5) is 3.33. The van der Waals surface area contributed by atoms with Crippen LogP contribution in [0.25, 0.3) is 0 Å². The van der Waals surface area contributed by atoms with Crippen LogP contribution >= 0.6 is 0 Å². The van der Waals surface area contributed by atoms with E-state index in [1.54, 1.807) is 15.9 Å². The minimum Gasteiger partial charge on any atom is -0.364 e. The Hall–Kier alpha value is -0.970. The number of likely N-dealkylation sites (tertiary alicyclic amines) is 1.